The van der Waals surface area contributed by atoms with Crippen LogP contribution in [0, 0.1) is 6.92 Å². The van der Waals surface area contributed by atoms with E-state index >= 15 is 0 Å². The summed E-state index contributed by atoms with van der Waals surface area (Å²) < 4.78 is 2.83. The van der Waals surface area contributed by atoms with Crippen LogP contribution in [0.15, 0.2) is 4.47 Å². The predicted molar refractivity (Wildman–Crippen MR) is 74.4 cm³/mol. The van der Waals surface area contributed by atoms with Crippen molar-refractivity contribution in [2.75, 3.05) is 0 Å². The maximum Gasteiger partial charge on any atom is 0.158 e. The van der Waals surface area contributed by atoms with Crippen molar-refractivity contribution in [3.05, 3.63) is 15.9 Å². The summed E-state index contributed by atoms with van der Waals surface area (Å²) in [5, 5.41) is 4.41. The van der Waals surface area contributed by atoms with Crippen LogP contribution in [0.2, 0.25) is 0 Å². The molecular weight excluding hydrogens is 294 g/mol. The van der Waals surface area contributed by atoms with E-state index in [4.69, 9.17) is 5.73 Å². The van der Waals surface area contributed by atoms with E-state index in [-0.39, 0.29) is 5.78 Å². The number of rotatable bonds is 4. The molecule has 0 aromatic carbocycles. The quantitative estimate of drug-likeness (QED) is 0.928. The van der Waals surface area contributed by atoms with Crippen LogP contribution >= 0.6 is 15.9 Å². The van der Waals surface area contributed by atoms with E-state index in [1.807, 2.05) is 18.5 Å². The van der Waals surface area contributed by atoms with Gasteiger partial charge < -0.3 is 5.73 Å². The molecule has 4 nitrogen and oxygen atoms in total. The van der Waals surface area contributed by atoms with Crippen molar-refractivity contribution in [2.24, 2.45) is 5.73 Å². The fraction of sp³-hybridized carbons (Fsp3) is 0.692. The summed E-state index contributed by atoms with van der Waals surface area (Å²) in [7, 11) is 0. The van der Waals surface area contributed by atoms with E-state index in [0.29, 0.717) is 6.42 Å². The molecule has 18 heavy (non-hydrogen) atoms. The van der Waals surface area contributed by atoms with E-state index < -0.39 is 5.54 Å². The summed E-state index contributed by atoms with van der Waals surface area (Å²) in [5.41, 5.74) is 7.49. The van der Waals surface area contributed by atoms with Crippen molar-refractivity contribution in [1.82, 2.24) is 9.78 Å². The summed E-state index contributed by atoms with van der Waals surface area (Å²) in [4.78, 5) is 12.4. The molecule has 5 heteroatoms. The number of nitrogens with zero attached hydrogens (tertiary/aromatic N) is 2. The molecule has 0 bridgehead atoms. The molecule has 1 saturated carbocycles. The highest BCUT2D eigenvalue weighted by atomic mass is 79.9. The fourth-order valence-corrected chi connectivity index (χ4v) is 3.07. The number of aryl methyl sites for hydroxylation is 2. The van der Waals surface area contributed by atoms with Crippen molar-refractivity contribution >= 4 is 21.7 Å². The van der Waals surface area contributed by atoms with Crippen LogP contribution in [-0.2, 0) is 17.8 Å². The second-order valence-corrected chi connectivity index (χ2v) is 5.92. The lowest BCUT2D eigenvalue weighted by Gasteiger charge is -2.21. The van der Waals surface area contributed by atoms with E-state index in [9.17, 15) is 4.79 Å². The Morgan fingerprint density at radius 3 is 2.67 bits per heavy atom. The van der Waals surface area contributed by atoms with Gasteiger partial charge >= 0.3 is 0 Å². The first kappa shape index (κ1) is 13.7. The Morgan fingerprint density at radius 1 is 1.50 bits per heavy atom. The Morgan fingerprint density at radius 2 is 2.11 bits per heavy atom. The Balaban J connectivity index is 2.21. The van der Waals surface area contributed by atoms with Gasteiger partial charge in [-0.05, 0) is 42.6 Å². The SMILES string of the molecule is CCn1nc(C)c(Br)c1CC(=O)C1(N)CCCC1. The van der Waals surface area contributed by atoms with Gasteiger partial charge in [0, 0.05) is 6.54 Å². The molecule has 2 N–H and O–H groups in total. The van der Waals surface area contributed by atoms with Gasteiger partial charge in [-0.2, -0.15) is 5.10 Å². The minimum atomic E-state index is -0.601. The Kier molecular flexibility index (Phi) is 3.92. The summed E-state index contributed by atoms with van der Waals surface area (Å²) >= 11 is 3.52. The zero-order valence-electron chi connectivity index (χ0n) is 11.0. The van der Waals surface area contributed by atoms with Crippen molar-refractivity contribution in [3.63, 3.8) is 0 Å². The Hall–Kier alpha value is -0.680. The van der Waals surface area contributed by atoms with Crippen LogP contribution in [0.25, 0.3) is 0 Å². The number of nitrogens with two attached hydrogens (primary N) is 1. The molecule has 0 spiro atoms. The minimum Gasteiger partial charge on any atom is -0.319 e. The molecule has 1 fully saturated rings. The minimum absolute atomic E-state index is 0.148. The van der Waals surface area contributed by atoms with Crippen molar-refractivity contribution in [1.29, 1.82) is 0 Å². The molecule has 1 heterocycles. The topological polar surface area (TPSA) is 60.9 Å². The number of hydrogen-bond donors (Lipinski definition) is 1. The van der Waals surface area contributed by atoms with E-state index in [1.54, 1.807) is 0 Å². The highest BCUT2D eigenvalue weighted by molar-refractivity contribution is 9.10. The van der Waals surface area contributed by atoms with Gasteiger partial charge in [0.1, 0.15) is 0 Å². The molecule has 100 valence electrons. The summed E-state index contributed by atoms with van der Waals surface area (Å²) in [6, 6.07) is 0. The number of ketones is 1. The highest BCUT2D eigenvalue weighted by Crippen LogP contribution is 2.30. The zero-order valence-corrected chi connectivity index (χ0v) is 12.6. The van der Waals surface area contributed by atoms with Crippen LogP contribution in [0.3, 0.4) is 0 Å². The summed E-state index contributed by atoms with van der Waals surface area (Å²) in [6.45, 7) is 4.74. The molecule has 2 rings (SSSR count). The van der Waals surface area contributed by atoms with Crippen LogP contribution < -0.4 is 5.73 Å². The van der Waals surface area contributed by atoms with Crippen LogP contribution in [0.4, 0.5) is 0 Å². The van der Waals surface area contributed by atoms with Crippen LogP contribution in [-0.4, -0.2) is 21.1 Å². The van der Waals surface area contributed by atoms with E-state index in [2.05, 4.69) is 21.0 Å². The maximum atomic E-state index is 12.4. The monoisotopic (exact) mass is 313 g/mol. The van der Waals surface area contributed by atoms with Gasteiger partial charge in [-0.1, -0.05) is 12.8 Å². The number of aromatic nitrogens is 2. The van der Waals surface area contributed by atoms with Gasteiger partial charge in [-0.3, -0.25) is 9.48 Å². The molecule has 0 amide bonds. The van der Waals surface area contributed by atoms with E-state index in [0.717, 1.165) is 48.1 Å². The predicted octanol–water partition coefficient (Wildman–Crippen LogP) is 2.36. The molecule has 1 aromatic rings. The number of carbonyl (C=O) groups is 1. The third-order valence-electron chi connectivity index (χ3n) is 3.83. The second-order valence-electron chi connectivity index (χ2n) is 5.13. The molecule has 0 saturated heterocycles. The molecule has 1 aliphatic rings. The fourth-order valence-electron chi connectivity index (χ4n) is 2.65. The van der Waals surface area contributed by atoms with E-state index in [1.165, 1.54) is 0 Å². The molecule has 1 aromatic heterocycles. The van der Waals surface area contributed by atoms with Gasteiger partial charge in [-0.25, -0.2) is 0 Å². The number of Topliss-reactive ketones (excluding diaryl/α,β-unsaturated/α-hetero) is 1. The molecule has 0 aliphatic heterocycles. The maximum absolute atomic E-state index is 12.4. The van der Waals surface area contributed by atoms with Crippen LogP contribution in [0.1, 0.15) is 44.0 Å². The Bertz CT molecular complexity index is 461. The second kappa shape index (κ2) is 5.13. The summed E-state index contributed by atoms with van der Waals surface area (Å²) in [6.07, 6.45) is 4.15. The highest BCUT2D eigenvalue weighted by Gasteiger charge is 2.37. The first-order chi connectivity index (χ1) is 8.48. The van der Waals surface area contributed by atoms with Gasteiger partial charge in [0.05, 0.1) is 27.8 Å². The largest absolute Gasteiger partial charge is 0.319 e. The number of carbonyl (C=O) groups excluding carboxylic acids is 1. The van der Waals surface area contributed by atoms with Gasteiger partial charge in [-0.15, -0.1) is 0 Å². The van der Waals surface area contributed by atoms with Gasteiger partial charge in [0.2, 0.25) is 0 Å². The van der Waals surface area contributed by atoms with Crippen molar-refractivity contribution in [2.45, 2.75) is 58.0 Å². The first-order valence-electron chi connectivity index (χ1n) is 6.52. The Labute approximate surface area is 116 Å². The lowest BCUT2D eigenvalue weighted by molar-refractivity contribution is -0.123. The molecular formula is C13H20BrN3O. The summed E-state index contributed by atoms with van der Waals surface area (Å²) in [5.74, 6) is 0.148. The normalized spacial score (nSPS) is 18.2. The molecule has 0 unspecified atom stereocenters. The van der Waals surface area contributed by atoms with Crippen molar-refractivity contribution < 1.29 is 4.79 Å². The smallest absolute Gasteiger partial charge is 0.158 e. The third kappa shape index (κ3) is 2.38. The lowest BCUT2D eigenvalue weighted by Crippen LogP contribution is -2.46. The molecule has 0 radical (unpaired) electrons. The number of hydrogen-bond acceptors (Lipinski definition) is 3. The molecule has 1 aliphatic carbocycles. The zero-order chi connectivity index (χ0) is 13.3. The number of halogens is 1. The lowest BCUT2D eigenvalue weighted by atomic mass is 9.90. The van der Waals surface area contributed by atoms with Gasteiger partial charge in [0.15, 0.2) is 5.78 Å². The first-order valence-corrected chi connectivity index (χ1v) is 7.31. The third-order valence-corrected chi connectivity index (χ3v) is 4.86. The van der Waals surface area contributed by atoms with Crippen LogP contribution in [0.5, 0.6) is 0 Å². The average molecular weight is 314 g/mol. The standard InChI is InChI=1S/C13H20BrN3O/c1-3-17-10(12(14)9(2)16-17)8-11(18)13(15)6-4-5-7-13/h3-8,15H2,1-2H3. The van der Waals surface area contributed by atoms with Gasteiger partial charge in [0.25, 0.3) is 0 Å². The van der Waals surface area contributed by atoms with Crippen molar-refractivity contribution in [3.8, 4) is 0 Å². The molecule has 0 atom stereocenters. The average Bonchev–Trinajstić information content (AvgIpc) is 2.89.